The van der Waals surface area contributed by atoms with Crippen LogP contribution >= 0.6 is 0 Å². The summed E-state index contributed by atoms with van der Waals surface area (Å²) in [6.07, 6.45) is 2.24. The topological polar surface area (TPSA) is 46.1 Å². The molecule has 0 heterocycles. The van der Waals surface area contributed by atoms with Crippen molar-refractivity contribution in [2.45, 2.75) is 26.3 Å². The molecular formula is C18H30FN3O2. The molecule has 1 rings (SSSR count). The summed E-state index contributed by atoms with van der Waals surface area (Å²) in [5.74, 6) is 0.528. The number of rotatable bonds is 11. The Morgan fingerprint density at radius 3 is 2.62 bits per heavy atom. The number of unbranched alkanes of at least 4 members (excludes halogenated alkanes) is 1. The van der Waals surface area contributed by atoms with Crippen LogP contribution in [-0.2, 0) is 16.0 Å². The van der Waals surface area contributed by atoms with Gasteiger partial charge in [-0.2, -0.15) is 0 Å². The van der Waals surface area contributed by atoms with E-state index in [1.807, 2.05) is 18.0 Å². The van der Waals surface area contributed by atoms with Crippen LogP contribution in [0.15, 0.2) is 29.3 Å². The Labute approximate surface area is 144 Å². The SMILES string of the molecule is CCCCOCCOCCNC(=NC)N(C)Cc1cccc(F)c1. The van der Waals surface area contributed by atoms with Crippen molar-refractivity contribution in [1.82, 2.24) is 10.2 Å². The summed E-state index contributed by atoms with van der Waals surface area (Å²) in [5.41, 5.74) is 0.904. The lowest BCUT2D eigenvalue weighted by molar-refractivity contribution is 0.0486. The van der Waals surface area contributed by atoms with Gasteiger partial charge in [-0.1, -0.05) is 25.5 Å². The average molecular weight is 339 g/mol. The molecule has 0 aliphatic carbocycles. The Bertz CT molecular complexity index is 483. The molecule has 24 heavy (non-hydrogen) atoms. The molecule has 5 nitrogen and oxygen atoms in total. The normalized spacial score (nSPS) is 11.6. The number of ether oxygens (including phenoxy) is 2. The van der Waals surface area contributed by atoms with Gasteiger partial charge in [0.25, 0.3) is 0 Å². The largest absolute Gasteiger partial charge is 0.379 e. The van der Waals surface area contributed by atoms with Crippen LogP contribution in [0.25, 0.3) is 0 Å². The Morgan fingerprint density at radius 1 is 1.21 bits per heavy atom. The minimum Gasteiger partial charge on any atom is -0.379 e. The Hall–Kier alpha value is -1.66. The third-order valence-electron chi connectivity index (χ3n) is 3.43. The van der Waals surface area contributed by atoms with Gasteiger partial charge >= 0.3 is 0 Å². The molecule has 0 bridgehead atoms. The van der Waals surface area contributed by atoms with Gasteiger partial charge in [-0.3, -0.25) is 4.99 Å². The van der Waals surface area contributed by atoms with E-state index in [9.17, 15) is 4.39 Å². The Balaban J connectivity index is 2.18. The molecule has 0 radical (unpaired) electrons. The fourth-order valence-corrected chi connectivity index (χ4v) is 2.17. The first kappa shape index (κ1) is 20.4. The van der Waals surface area contributed by atoms with Crippen LogP contribution < -0.4 is 5.32 Å². The van der Waals surface area contributed by atoms with Gasteiger partial charge < -0.3 is 19.7 Å². The maximum Gasteiger partial charge on any atom is 0.193 e. The molecule has 0 amide bonds. The zero-order chi connectivity index (χ0) is 17.6. The predicted octanol–water partition coefficient (Wildman–Crippen LogP) is 2.67. The lowest BCUT2D eigenvalue weighted by Gasteiger charge is -2.22. The van der Waals surface area contributed by atoms with E-state index in [0.717, 1.165) is 31.0 Å². The van der Waals surface area contributed by atoms with E-state index < -0.39 is 0 Å². The molecule has 0 aromatic heterocycles. The zero-order valence-electron chi connectivity index (χ0n) is 15.1. The van der Waals surface area contributed by atoms with E-state index in [-0.39, 0.29) is 5.82 Å². The van der Waals surface area contributed by atoms with Gasteiger partial charge in [-0.15, -0.1) is 0 Å². The fraction of sp³-hybridized carbons (Fsp3) is 0.611. The molecule has 0 spiro atoms. The van der Waals surface area contributed by atoms with Crippen molar-refractivity contribution >= 4 is 5.96 Å². The van der Waals surface area contributed by atoms with Gasteiger partial charge in [0.1, 0.15) is 5.82 Å². The smallest absolute Gasteiger partial charge is 0.193 e. The highest BCUT2D eigenvalue weighted by atomic mass is 19.1. The molecule has 0 aliphatic heterocycles. The maximum atomic E-state index is 13.2. The van der Waals surface area contributed by atoms with E-state index in [1.54, 1.807) is 13.1 Å². The van der Waals surface area contributed by atoms with E-state index >= 15 is 0 Å². The molecule has 0 aliphatic rings. The van der Waals surface area contributed by atoms with Crippen molar-refractivity contribution < 1.29 is 13.9 Å². The van der Waals surface area contributed by atoms with E-state index in [2.05, 4.69) is 17.2 Å². The van der Waals surface area contributed by atoms with Crippen molar-refractivity contribution in [3.8, 4) is 0 Å². The molecule has 1 N–H and O–H groups in total. The first-order chi connectivity index (χ1) is 11.7. The third kappa shape index (κ3) is 8.84. The highest BCUT2D eigenvalue weighted by molar-refractivity contribution is 5.79. The number of nitrogens with zero attached hydrogens (tertiary/aromatic N) is 2. The van der Waals surface area contributed by atoms with E-state index in [1.165, 1.54) is 12.1 Å². The van der Waals surface area contributed by atoms with Crippen molar-refractivity contribution in [3.05, 3.63) is 35.6 Å². The van der Waals surface area contributed by atoms with Crippen molar-refractivity contribution in [3.63, 3.8) is 0 Å². The zero-order valence-corrected chi connectivity index (χ0v) is 15.1. The minimum atomic E-state index is -0.224. The van der Waals surface area contributed by atoms with E-state index in [0.29, 0.717) is 32.9 Å². The van der Waals surface area contributed by atoms with Crippen molar-refractivity contribution in [1.29, 1.82) is 0 Å². The molecule has 0 saturated carbocycles. The maximum absolute atomic E-state index is 13.2. The van der Waals surface area contributed by atoms with Gasteiger partial charge in [-0.25, -0.2) is 4.39 Å². The van der Waals surface area contributed by atoms with Crippen LogP contribution in [0.1, 0.15) is 25.3 Å². The highest BCUT2D eigenvalue weighted by Gasteiger charge is 2.06. The Kier molecular flexibility index (Phi) is 10.8. The predicted molar refractivity (Wildman–Crippen MR) is 95.8 cm³/mol. The number of nitrogens with one attached hydrogen (secondary N) is 1. The number of halogens is 1. The third-order valence-corrected chi connectivity index (χ3v) is 3.43. The molecular weight excluding hydrogens is 309 g/mol. The van der Waals surface area contributed by atoms with Crippen LogP contribution in [0.2, 0.25) is 0 Å². The number of hydrogen-bond donors (Lipinski definition) is 1. The number of aliphatic imine (C=N–C) groups is 1. The molecule has 1 aromatic rings. The van der Waals surface area contributed by atoms with Gasteiger partial charge in [-0.05, 0) is 24.1 Å². The van der Waals surface area contributed by atoms with Crippen LogP contribution in [0.5, 0.6) is 0 Å². The molecule has 1 aromatic carbocycles. The minimum absolute atomic E-state index is 0.224. The second-order valence-corrected chi connectivity index (χ2v) is 5.54. The summed E-state index contributed by atoms with van der Waals surface area (Å²) in [6.45, 7) is 6.01. The summed E-state index contributed by atoms with van der Waals surface area (Å²) < 4.78 is 24.2. The monoisotopic (exact) mass is 339 g/mol. The molecule has 0 atom stereocenters. The standard InChI is InChI=1S/C18H30FN3O2/c1-4-5-10-23-12-13-24-11-9-21-18(20-2)22(3)15-16-7-6-8-17(19)14-16/h6-8,14H,4-5,9-13,15H2,1-3H3,(H,20,21). The summed E-state index contributed by atoms with van der Waals surface area (Å²) in [5, 5.41) is 3.23. The van der Waals surface area contributed by atoms with Crippen LogP contribution in [0.4, 0.5) is 4.39 Å². The van der Waals surface area contributed by atoms with Gasteiger partial charge in [0.2, 0.25) is 0 Å². The lowest BCUT2D eigenvalue weighted by Crippen LogP contribution is -2.40. The highest BCUT2D eigenvalue weighted by Crippen LogP contribution is 2.06. The fourth-order valence-electron chi connectivity index (χ4n) is 2.17. The first-order valence-electron chi connectivity index (χ1n) is 8.49. The lowest BCUT2D eigenvalue weighted by atomic mass is 10.2. The summed E-state index contributed by atoms with van der Waals surface area (Å²) in [7, 11) is 3.65. The van der Waals surface area contributed by atoms with Gasteiger partial charge in [0, 0.05) is 33.8 Å². The van der Waals surface area contributed by atoms with Crippen LogP contribution in [-0.4, -0.2) is 57.9 Å². The van der Waals surface area contributed by atoms with Crippen LogP contribution in [0, 0.1) is 5.82 Å². The average Bonchev–Trinajstić information content (AvgIpc) is 2.56. The van der Waals surface area contributed by atoms with Gasteiger partial charge in [0.15, 0.2) is 5.96 Å². The second kappa shape index (κ2) is 12.7. The summed E-state index contributed by atoms with van der Waals surface area (Å²) in [4.78, 5) is 6.18. The van der Waals surface area contributed by atoms with Crippen molar-refractivity contribution in [2.75, 3.05) is 47.1 Å². The van der Waals surface area contributed by atoms with Crippen molar-refractivity contribution in [2.24, 2.45) is 4.99 Å². The molecule has 0 saturated heterocycles. The Morgan fingerprint density at radius 2 is 1.96 bits per heavy atom. The first-order valence-corrected chi connectivity index (χ1v) is 8.49. The molecule has 0 fully saturated rings. The number of guanidine groups is 1. The number of benzene rings is 1. The summed E-state index contributed by atoms with van der Waals surface area (Å²) >= 11 is 0. The molecule has 0 unspecified atom stereocenters. The quantitative estimate of drug-likeness (QED) is 0.382. The molecule has 136 valence electrons. The summed E-state index contributed by atoms with van der Waals surface area (Å²) in [6, 6.07) is 6.59. The number of hydrogen-bond acceptors (Lipinski definition) is 3. The van der Waals surface area contributed by atoms with Crippen LogP contribution in [0.3, 0.4) is 0 Å². The molecule has 6 heteroatoms. The van der Waals surface area contributed by atoms with Gasteiger partial charge in [0.05, 0.1) is 19.8 Å². The second-order valence-electron chi connectivity index (χ2n) is 5.54. The van der Waals surface area contributed by atoms with E-state index in [4.69, 9.17) is 9.47 Å².